The normalized spacial score (nSPS) is 23.9. The van der Waals surface area contributed by atoms with Gasteiger partial charge in [-0.3, -0.25) is 0 Å². The fourth-order valence-corrected chi connectivity index (χ4v) is 3.55. The molecule has 2 saturated heterocycles. The van der Waals surface area contributed by atoms with Crippen LogP contribution in [0.1, 0.15) is 17.7 Å². The molecule has 0 spiro atoms. The third-order valence-electron chi connectivity index (χ3n) is 5.00. The maximum absolute atomic E-state index is 6.17. The van der Waals surface area contributed by atoms with Crippen LogP contribution in [0.25, 0.3) is 0 Å². The molecule has 2 aromatic heterocycles. The number of ether oxygens (including phenoxy) is 1. The Bertz CT molecular complexity index is 705. The zero-order valence-corrected chi connectivity index (χ0v) is 14.8. The van der Waals surface area contributed by atoms with Gasteiger partial charge in [0.1, 0.15) is 0 Å². The van der Waals surface area contributed by atoms with Crippen LogP contribution in [0.15, 0.2) is 24.5 Å². The van der Waals surface area contributed by atoms with E-state index < -0.39 is 0 Å². The largest absolute Gasteiger partial charge is 0.374 e. The standard InChI is InChI=1S/C18H24N6O/c1-13-9-19-18(20-10-13)24-6-5-15-11-23(7-8-25-16(15)12-24)17-4-3-14(2)21-22-17/h3-4,9-10,15-16H,5-8,11-12H2,1-2H3/t15-,16-/m0/s1. The number of anilines is 2. The van der Waals surface area contributed by atoms with Crippen molar-refractivity contribution in [2.75, 3.05) is 42.6 Å². The molecule has 2 atom stereocenters. The van der Waals surface area contributed by atoms with E-state index in [-0.39, 0.29) is 6.10 Å². The molecular formula is C18H24N6O. The molecule has 2 aliphatic heterocycles. The van der Waals surface area contributed by atoms with Crippen molar-refractivity contribution >= 4 is 11.8 Å². The molecule has 0 amide bonds. The van der Waals surface area contributed by atoms with Crippen LogP contribution >= 0.6 is 0 Å². The van der Waals surface area contributed by atoms with Gasteiger partial charge in [0, 0.05) is 44.5 Å². The number of aryl methyl sites for hydroxylation is 2. The van der Waals surface area contributed by atoms with E-state index >= 15 is 0 Å². The first-order valence-corrected chi connectivity index (χ1v) is 8.89. The number of aromatic nitrogens is 4. The third-order valence-corrected chi connectivity index (χ3v) is 5.00. The highest BCUT2D eigenvalue weighted by Crippen LogP contribution is 2.27. The Balaban J connectivity index is 1.45. The Morgan fingerprint density at radius 1 is 1.00 bits per heavy atom. The fraction of sp³-hybridized carbons (Fsp3) is 0.556. The Morgan fingerprint density at radius 3 is 2.60 bits per heavy atom. The molecule has 0 bridgehead atoms. The molecule has 2 fully saturated rings. The van der Waals surface area contributed by atoms with Crippen molar-refractivity contribution in [2.45, 2.75) is 26.4 Å². The zero-order chi connectivity index (χ0) is 17.2. The quantitative estimate of drug-likeness (QED) is 0.823. The molecule has 0 aromatic carbocycles. The lowest BCUT2D eigenvalue weighted by atomic mass is 9.93. The van der Waals surface area contributed by atoms with Crippen molar-refractivity contribution in [1.29, 1.82) is 0 Å². The van der Waals surface area contributed by atoms with E-state index in [1.54, 1.807) is 0 Å². The second-order valence-corrected chi connectivity index (χ2v) is 6.94. The molecule has 0 N–H and O–H groups in total. The van der Waals surface area contributed by atoms with Crippen LogP contribution in [0.2, 0.25) is 0 Å². The van der Waals surface area contributed by atoms with Gasteiger partial charge in [0.15, 0.2) is 5.82 Å². The molecule has 4 rings (SSSR count). The number of rotatable bonds is 2. The van der Waals surface area contributed by atoms with Crippen molar-refractivity contribution in [3.63, 3.8) is 0 Å². The van der Waals surface area contributed by atoms with Crippen LogP contribution in [0.4, 0.5) is 11.8 Å². The van der Waals surface area contributed by atoms with Gasteiger partial charge in [-0.2, -0.15) is 5.10 Å². The highest BCUT2D eigenvalue weighted by atomic mass is 16.5. The molecule has 0 radical (unpaired) electrons. The molecule has 0 unspecified atom stereocenters. The summed E-state index contributed by atoms with van der Waals surface area (Å²) in [5.74, 6) is 2.24. The summed E-state index contributed by atoms with van der Waals surface area (Å²) in [6, 6.07) is 4.07. The van der Waals surface area contributed by atoms with Gasteiger partial charge in [-0.15, -0.1) is 5.10 Å². The Hall–Kier alpha value is -2.28. The Morgan fingerprint density at radius 2 is 1.84 bits per heavy atom. The highest BCUT2D eigenvalue weighted by molar-refractivity contribution is 5.38. The maximum atomic E-state index is 6.17. The van der Waals surface area contributed by atoms with Crippen molar-refractivity contribution in [3.05, 3.63) is 35.8 Å². The van der Waals surface area contributed by atoms with E-state index in [1.165, 1.54) is 0 Å². The van der Waals surface area contributed by atoms with Crippen LogP contribution in [0, 0.1) is 19.8 Å². The van der Waals surface area contributed by atoms with Gasteiger partial charge in [-0.05, 0) is 38.0 Å². The average molecular weight is 340 g/mol. The molecule has 0 saturated carbocycles. The molecular weight excluding hydrogens is 316 g/mol. The van der Waals surface area contributed by atoms with Crippen LogP contribution in [0.3, 0.4) is 0 Å². The topological polar surface area (TPSA) is 67.3 Å². The van der Waals surface area contributed by atoms with Gasteiger partial charge in [-0.1, -0.05) is 0 Å². The Labute approximate surface area is 148 Å². The number of hydrogen-bond acceptors (Lipinski definition) is 7. The minimum absolute atomic E-state index is 0.210. The summed E-state index contributed by atoms with van der Waals surface area (Å²) in [5, 5.41) is 8.53. The first-order valence-electron chi connectivity index (χ1n) is 8.89. The Kier molecular flexibility index (Phi) is 4.48. The number of piperidine rings is 1. The zero-order valence-electron chi connectivity index (χ0n) is 14.8. The van der Waals surface area contributed by atoms with Gasteiger partial charge < -0.3 is 14.5 Å². The van der Waals surface area contributed by atoms with E-state index in [0.717, 1.165) is 55.6 Å². The van der Waals surface area contributed by atoms with Crippen molar-refractivity contribution < 1.29 is 4.74 Å². The minimum atomic E-state index is 0.210. The van der Waals surface area contributed by atoms with E-state index in [1.807, 2.05) is 32.3 Å². The van der Waals surface area contributed by atoms with Crippen molar-refractivity contribution in [2.24, 2.45) is 5.92 Å². The van der Waals surface area contributed by atoms with Gasteiger partial charge in [0.25, 0.3) is 0 Å². The first kappa shape index (κ1) is 16.2. The minimum Gasteiger partial charge on any atom is -0.374 e. The maximum Gasteiger partial charge on any atom is 0.225 e. The van der Waals surface area contributed by atoms with E-state index in [4.69, 9.17) is 4.74 Å². The molecule has 7 heteroatoms. The average Bonchev–Trinajstić information content (AvgIpc) is 2.85. The summed E-state index contributed by atoms with van der Waals surface area (Å²) in [5.41, 5.74) is 2.03. The summed E-state index contributed by atoms with van der Waals surface area (Å²) in [7, 11) is 0. The summed E-state index contributed by atoms with van der Waals surface area (Å²) in [6.45, 7) is 8.30. The smallest absolute Gasteiger partial charge is 0.225 e. The first-order chi connectivity index (χ1) is 12.2. The summed E-state index contributed by atoms with van der Waals surface area (Å²) < 4.78 is 6.17. The molecule has 132 valence electrons. The number of fused-ring (bicyclic) bond motifs is 1. The number of nitrogens with zero attached hydrogens (tertiary/aromatic N) is 6. The van der Waals surface area contributed by atoms with Crippen molar-refractivity contribution in [1.82, 2.24) is 20.2 Å². The SMILES string of the molecule is Cc1cnc(N2CC[C@H]3CN(c4ccc(C)nn4)CCO[C@H]3C2)nc1. The molecule has 2 aromatic rings. The molecule has 0 aliphatic carbocycles. The van der Waals surface area contributed by atoms with Crippen LogP contribution in [0.5, 0.6) is 0 Å². The van der Waals surface area contributed by atoms with Gasteiger partial charge >= 0.3 is 0 Å². The van der Waals surface area contributed by atoms with E-state index in [9.17, 15) is 0 Å². The van der Waals surface area contributed by atoms with Crippen LogP contribution in [-0.4, -0.2) is 59.1 Å². The lowest BCUT2D eigenvalue weighted by Crippen LogP contribution is -2.47. The second-order valence-electron chi connectivity index (χ2n) is 6.94. The second kappa shape index (κ2) is 6.92. The molecule has 25 heavy (non-hydrogen) atoms. The molecule has 2 aliphatic rings. The highest BCUT2D eigenvalue weighted by Gasteiger charge is 2.34. The summed E-state index contributed by atoms with van der Waals surface area (Å²) >= 11 is 0. The molecule has 7 nitrogen and oxygen atoms in total. The fourth-order valence-electron chi connectivity index (χ4n) is 3.55. The van der Waals surface area contributed by atoms with Gasteiger partial charge in [-0.25, -0.2) is 9.97 Å². The third kappa shape index (κ3) is 3.56. The summed E-state index contributed by atoms with van der Waals surface area (Å²) in [4.78, 5) is 13.5. The number of hydrogen-bond donors (Lipinski definition) is 0. The van der Waals surface area contributed by atoms with E-state index in [0.29, 0.717) is 12.5 Å². The van der Waals surface area contributed by atoms with Gasteiger partial charge in [0.2, 0.25) is 5.95 Å². The van der Waals surface area contributed by atoms with E-state index in [2.05, 4.69) is 36.0 Å². The van der Waals surface area contributed by atoms with Crippen LogP contribution in [-0.2, 0) is 4.74 Å². The molecule has 4 heterocycles. The lowest BCUT2D eigenvalue weighted by molar-refractivity contribution is 0.0249. The van der Waals surface area contributed by atoms with Gasteiger partial charge in [0.05, 0.1) is 18.4 Å². The predicted octanol–water partition coefficient (Wildman–Crippen LogP) is 1.62. The predicted molar refractivity (Wildman–Crippen MR) is 95.8 cm³/mol. The summed E-state index contributed by atoms with van der Waals surface area (Å²) in [6.07, 6.45) is 5.03. The van der Waals surface area contributed by atoms with Crippen LogP contribution < -0.4 is 9.80 Å². The monoisotopic (exact) mass is 340 g/mol. The van der Waals surface area contributed by atoms with Crippen molar-refractivity contribution in [3.8, 4) is 0 Å². The lowest BCUT2D eigenvalue weighted by Gasteiger charge is -2.38.